The van der Waals surface area contributed by atoms with Gasteiger partial charge in [0.15, 0.2) is 5.03 Å². The van der Waals surface area contributed by atoms with Gasteiger partial charge in [-0.3, -0.25) is 0 Å². The van der Waals surface area contributed by atoms with Crippen LogP contribution in [0.4, 0.5) is 0 Å². The summed E-state index contributed by atoms with van der Waals surface area (Å²) in [5.41, 5.74) is 0.984. The highest BCUT2D eigenvalue weighted by atomic mass is 32.2. The lowest BCUT2D eigenvalue weighted by atomic mass is 10.1. The van der Waals surface area contributed by atoms with Gasteiger partial charge < -0.3 is 9.30 Å². The normalized spacial score (nSPS) is 19.5. The van der Waals surface area contributed by atoms with E-state index in [1.54, 1.807) is 29.2 Å². The van der Waals surface area contributed by atoms with Gasteiger partial charge in [0.2, 0.25) is 0 Å². The van der Waals surface area contributed by atoms with E-state index in [2.05, 4.69) is 4.98 Å². The summed E-state index contributed by atoms with van der Waals surface area (Å²) in [5.74, 6) is 0.765. The van der Waals surface area contributed by atoms with Crippen molar-refractivity contribution in [2.24, 2.45) is 7.05 Å². The van der Waals surface area contributed by atoms with Crippen molar-refractivity contribution < 1.29 is 13.2 Å². The lowest BCUT2D eigenvalue weighted by Crippen LogP contribution is -2.31. The molecule has 3 rings (SSSR count). The predicted molar refractivity (Wildman–Crippen MR) is 82.1 cm³/mol. The van der Waals surface area contributed by atoms with Crippen LogP contribution in [0, 0.1) is 0 Å². The molecule has 0 radical (unpaired) electrons. The van der Waals surface area contributed by atoms with E-state index in [1.165, 1.54) is 6.33 Å². The van der Waals surface area contributed by atoms with Crippen molar-refractivity contribution in [3.8, 4) is 5.75 Å². The Kier molecular flexibility index (Phi) is 3.92. The summed E-state index contributed by atoms with van der Waals surface area (Å²) >= 11 is 0. The van der Waals surface area contributed by atoms with Crippen molar-refractivity contribution in [2.45, 2.75) is 23.9 Å². The van der Waals surface area contributed by atoms with Gasteiger partial charge in [-0.15, -0.1) is 0 Å². The monoisotopic (exact) mass is 321 g/mol. The summed E-state index contributed by atoms with van der Waals surface area (Å²) < 4.78 is 33.9. The molecule has 1 aliphatic rings. The van der Waals surface area contributed by atoms with Crippen molar-refractivity contribution >= 4 is 10.0 Å². The molecule has 2 heterocycles. The van der Waals surface area contributed by atoms with E-state index in [-0.39, 0.29) is 11.1 Å². The summed E-state index contributed by atoms with van der Waals surface area (Å²) in [4.78, 5) is 4.00. The van der Waals surface area contributed by atoms with Crippen LogP contribution in [-0.2, 0) is 17.1 Å². The predicted octanol–water partition coefficient (Wildman–Crippen LogP) is 1.95. The third-order valence-electron chi connectivity index (χ3n) is 3.96. The SMILES string of the molecule is COc1ccc([C@H]2CCCN2S(=O)(=O)c2cn(C)cn2)cc1. The molecule has 1 aromatic heterocycles. The minimum absolute atomic E-state index is 0.107. The molecular weight excluding hydrogens is 302 g/mol. The molecule has 0 N–H and O–H groups in total. The van der Waals surface area contributed by atoms with Crippen LogP contribution in [0.1, 0.15) is 24.4 Å². The number of benzene rings is 1. The molecule has 0 amide bonds. The average molecular weight is 321 g/mol. The maximum absolute atomic E-state index is 12.8. The molecule has 0 aliphatic carbocycles. The molecule has 22 heavy (non-hydrogen) atoms. The largest absolute Gasteiger partial charge is 0.497 e. The number of aryl methyl sites for hydroxylation is 1. The van der Waals surface area contributed by atoms with Crippen molar-refractivity contribution in [2.75, 3.05) is 13.7 Å². The highest BCUT2D eigenvalue weighted by Crippen LogP contribution is 2.36. The quantitative estimate of drug-likeness (QED) is 0.863. The van der Waals surface area contributed by atoms with Crippen LogP contribution in [0.5, 0.6) is 5.75 Å². The first kappa shape index (κ1) is 15.1. The van der Waals surface area contributed by atoms with Crippen LogP contribution in [0.2, 0.25) is 0 Å². The van der Waals surface area contributed by atoms with E-state index in [0.717, 1.165) is 24.2 Å². The van der Waals surface area contributed by atoms with Crippen LogP contribution in [0.25, 0.3) is 0 Å². The standard InChI is InChI=1S/C15H19N3O3S/c1-17-10-15(16-11-17)22(19,20)18-9-3-4-14(18)12-5-7-13(21-2)8-6-12/h5-8,10-11,14H,3-4,9H2,1-2H3/t14-/m1/s1. The third kappa shape index (κ3) is 2.62. The van der Waals surface area contributed by atoms with Gasteiger partial charge in [0.05, 0.1) is 19.5 Å². The van der Waals surface area contributed by atoms with Gasteiger partial charge in [-0.2, -0.15) is 4.31 Å². The first-order valence-corrected chi connectivity index (χ1v) is 8.60. The maximum atomic E-state index is 12.8. The van der Waals surface area contributed by atoms with Gasteiger partial charge >= 0.3 is 0 Å². The molecular formula is C15H19N3O3S. The zero-order valence-corrected chi connectivity index (χ0v) is 13.5. The number of sulfonamides is 1. The van der Waals surface area contributed by atoms with Gasteiger partial charge in [0.1, 0.15) is 5.75 Å². The Labute approximate surface area is 130 Å². The number of ether oxygens (including phenoxy) is 1. The van der Waals surface area contributed by atoms with Crippen LogP contribution in [0.3, 0.4) is 0 Å². The Morgan fingerprint density at radius 3 is 2.59 bits per heavy atom. The number of aromatic nitrogens is 2. The zero-order chi connectivity index (χ0) is 15.7. The maximum Gasteiger partial charge on any atom is 0.262 e. The molecule has 118 valence electrons. The summed E-state index contributed by atoms with van der Waals surface area (Å²) in [6.07, 6.45) is 4.71. The molecule has 2 aromatic rings. The fourth-order valence-electron chi connectivity index (χ4n) is 2.83. The highest BCUT2D eigenvalue weighted by molar-refractivity contribution is 7.89. The number of imidazole rings is 1. The third-order valence-corrected chi connectivity index (χ3v) is 5.75. The number of rotatable bonds is 4. The second kappa shape index (κ2) is 5.73. The minimum Gasteiger partial charge on any atom is -0.497 e. The second-order valence-corrected chi connectivity index (χ2v) is 7.26. The summed E-state index contributed by atoms with van der Waals surface area (Å²) in [7, 11) is -0.186. The summed E-state index contributed by atoms with van der Waals surface area (Å²) in [5, 5.41) is 0.107. The Morgan fingerprint density at radius 1 is 1.27 bits per heavy atom. The van der Waals surface area contributed by atoms with Crippen molar-refractivity contribution in [1.82, 2.24) is 13.9 Å². The van der Waals surface area contributed by atoms with Gasteiger partial charge in [0.25, 0.3) is 10.0 Å². The molecule has 0 spiro atoms. The fourth-order valence-corrected chi connectivity index (χ4v) is 4.48. The molecule has 0 unspecified atom stereocenters. The van der Waals surface area contributed by atoms with E-state index >= 15 is 0 Å². The van der Waals surface area contributed by atoms with Crippen LogP contribution in [-0.4, -0.2) is 35.9 Å². The van der Waals surface area contributed by atoms with Gasteiger partial charge in [-0.1, -0.05) is 12.1 Å². The Bertz CT molecular complexity index is 753. The van der Waals surface area contributed by atoms with Gasteiger partial charge in [-0.25, -0.2) is 13.4 Å². The molecule has 7 heteroatoms. The lowest BCUT2D eigenvalue weighted by molar-refractivity contribution is 0.393. The van der Waals surface area contributed by atoms with Crippen LogP contribution < -0.4 is 4.74 Å². The second-order valence-electron chi connectivity index (χ2n) is 5.42. The van der Waals surface area contributed by atoms with Gasteiger partial charge in [0, 0.05) is 19.8 Å². The number of methoxy groups -OCH3 is 1. The summed E-state index contributed by atoms with van der Waals surface area (Å²) in [6, 6.07) is 7.43. The van der Waals surface area contributed by atoms with Crippen LogP contribution >= 0.6 is 0 Å². The lowest BCUT2D eigenvalue weighted by Gasteiger charge is -2.23. The Hall–Kier alpha value is -1.86. The number of hydrogen-bond donors (Lipinski definition) is 0. The van der Waals surface area contributed by atoms with Crippen molar-refractivity contribution in [1.29, 1.82) is 0 Å². The van der Waals surface area contributed by atoms with Crippen molar-refractivity contribution in [3.05, 3.63) is 42.4 Å². The van der Waals surface area contributed by atoms with E-state index in [9.17, 15) is 8.42 Å². The highest BCUT2D eigenvalue weighted by Gasteiger charge is 2.37. The van der Waals surface area contributed by atoms with E-state index < -0.39 is 10.0 Å². The molecule has 0 saturated carbocycles. The van der Waals surface area contributed by atoms with E-state index in [4.69, 9.17) is 4.74 Å². The minimum atomic E-state index is -3.56. The number of nitrogens with zero attached hydrogens (tertiary/aromatic N) is 3. The molecule has 1 aromatic carbocycles. The Balaban J connectivity index is 1.92. The molecule has 0 bridgehead atoms. The molecule has 6 nitrogen and oxygen atoms in total. The van der Waals surface area contributed by atoms with Crippen LogP contribution in [0.15, 0.2) is 41.8 Å². The smallest absolute Gasteiger partial charge is 0.262 e. The molecule has 1 atom stereocenters. The average Bonchev–Trinajstić information content (AvgIpc) is 3.16. The number of hydrogen-bond acceptors (Lipinski definition) is 4. The fraction of sp³-hybridized carbons (Fsp3) is 0.400. The molecule has 1 fully saturated rings. The molecule has 1 aliphatic heterocycles. The first-order valence-electron chi connectivity index (χ1n) is 7.16. The van der Waals surface area contributed by atoms with Crippen molar-refractivity contribution in [3.63, 3.8) is 0 Å². The van der Waals surface area contributed by atoms with E-state index in [1.807, 2.05) is 24.3 Å². The van der Waals surface area contributed by atoms with Gasteiger partial charge in [-0.05, 0) is 30.5 Å². The van der Waals surface area contributed by atoms with E-state index in [0.29, 0.717) is 6.54 Å². The topological polar surface area (TPSA) is 64.4 Å². The Morgan fingerprint density at radius 2 is 2.00 bits per heavy atom. The zero-order valence-electron chi connectivity index (χ0n) is 12.6. The molecule has 1 saturated heterocycles. The summed E-state index contributed by atoms with van der Waals surface area (Å²) in [6.45, 7) is 0.523. The first-order chi connectivity index (χ1) is 10.5.